The van der Waals surface area contributed by atoms with Crippen molar-refractivity contribution in [3.63, 3.8) is 0 Å². The Labute approximate surface area is 308 Å². The number of benzene rings is 3. The number of unbranched alkanes of at least 4 members (excludes halogenated alkanes) is 15. The van der Waals surface area contributed by atoms with E-state index in [-0.39, 0.29) is 11.9 Å². The molecule has 1 aliphatic carbocycles. The normalized spacial score (nSPS) is 13.1. The van der Waals surface area contributed by atoms with Crippen LogP contribution in [0.5, 0.6) is 5.75 Å². The largest absolute Gasteiger partial charge is 0.494 e. The van der Waals surface area contributed by atoms with Gasteiger partial charge in [-0.3, -0.25) is 4.79 Å². The van der Waals surface area contributed by atoms with E-state index in [1.54, 1.807) is 30.3 Å². The lowest BCUT2D eigenvalue weighted by molar-refractivity contribution is 0.0497. The van der Waals surface area contributed by atoms with Crippen LogP contribution in [0.1, 0.15) is 154 Å². The van der Waals surface area contributed by atoms with Gasteiger partial charge in [0.25, 0.3) is 5.91 Å². The second-order valence-electron chi connectivity index (χ2n) is 13.5. The minimum Gasteiger partial charge on any atom is -0.494 e. The molecule has 0 heterocycles. The Balaban J connectivity index is 1.23. The molecule has 3 aromatic carbocycles. The minimum absolute atomic E-state index is 0.243. The zero-order valence-corrected chi connectivity index (χ0v) is 31.5. The molecular weight excluding hydrogens is 690 g/mol. The molecule has 0 bridgehead atoms. The van der Waals surface area contributed by atoms with E-state index in [4.69, 9.17) is 9.47 Å². The van der Waals surface area contributed by atoms with E-state index in [0.717, 1.165) is 49.0 Å². The van der Waals surface area contributed by atoms with Gasteiger partial charge in [-0.1, -0.05) is 118 Å². The third kappa shape index (κ3) is 12.1. The standard InChI is InChI=1S/C43H56BrNO5/c1-3-5-7-9-11-13-15-17-19-27-49-35-24-21-32(22-25-35)42(47)45-34-23-26-36-37-29-33(30-39(44)40(37)41(46)38(36)31-34)43(48)50-28-20-18-16-14-12-10-8-6-4-2/h3,21-26,29-31,41,46H,1,4-20,27-28H2,2H3,(H,45,47). The number of hydrogen-bond acceptors (Lipinski definition) is 5. The van der Waals surface area contributed by atoms with Gasteiger partial charge in [0.05, 0.1) is 18.8 Å². The van der Waals surface area contributed by atoms with Crippen LogP contribution in [0, 0.1) is 0 Å². The fourth-order valence-corrected chi connectivity index (χ4v) is 7.21. The highest BCUT2D eigenvalue weighted by Gasteiger charge is 2.31. The molecule has 0 saturated carbocycles. The smallest absolute Gasteiger partial charge is 0.338 e. The molecule has 50 heavy (non-hydrogen) atoms. The number of aliphatic hydroxyl groups excluding tert-OH is 1. The number of amides is 1. The highest BCUT2D eigenvalue weighted by molar-refractivity contribution is 9.10. The first-order valence-electron chi connectivity index (χ1n) is 18.9. The second kappa shape index (κ2) is 21.7. The predicted molar refractivity (Wildman–Crippen MR) is 208 cm³/mol. The van der Waals surface area contributed by atoms with Crippen LogP contribution in [0.3, 0.4) is 0 Å². The highest BCUT2D eigenvalue weighted by atomic mass is 79.9. The number of fused-ring (bicyclic) bond motifs is 3. The first-order chi connectivity index (χ1) is 24.4. The SMILES string of the molecule is C=CCCCCCCCCCOc1ccc(C(=O)Nc2ccc3c(c2)C(O)c2c(Br)cc(C(=O)OCCCCCCCCCCC)cc2-3)cc1. The summed E-state index contributed by atoms with van der Waals surface area (Å²) in [5.41, 5.74) is 4.53. The van der Waals surface area contributed by atoms with Gasteiger partial charge >= 0.3 is 5.97 Å². The van der Waals surface area contributed by atoms with Crippen LogP contribution in [0.15, 0.2) is 71.7 Å². The maximum absolute atomic E-state index is 13.1. The molecule has 2 N–H and O–H groups in total. The van der Waals surface area contributed by atoms with Gasteiger partial charge in [0.15, 0.2) is 0 Å². The predicted octanol–water partition coefficient (Wildman–Crippen LogP) is 12.1. The fraction of sp³-hybridized carbons (Fsp3) is 0.488. The topological polar surface area (TPSA) is 84.9 Å². The van der Waals surface area contributed by atoms with Crippen LogP contribution in [-0.4, -0.2) is 30.2 Å². The molecule has 7 heteroatoms. The number of rotatable bonds is 24. The van der Waals surface area contributed by atoms with E-state index in [0.29, 0.717) is 45.6 Å². The molecule has 0 aromatic heterocycles. The zero-order chi connectivity index (χ0) is 35.6. The van der Waals surface area contributed by atoms with Crippen molar-refractivity contribution in [3.05, 3.63) is 94.0 Å². The number of halogens is 1. The van der Waals surface area contributed by atoms with Crippen LogP contribution in [0.4, 0.5) is 5.69 Å². The summed E-state index contributed by atoms with van der Waals surface area (Å²) >= 11 is 3.58. The van der Waals surface area contributed by atoms with E-state index in [1.165, 1.54) is 77.0 Å². The third-order valence-electron chi connectivity index (χ3n) is 9.45. The maximum Gasteiger partial charge on any atom is 0.338 e. The van der Waals surface area contributed by atoms with Crippen LogP contribution in [0.2, 0.25) is 0 Å². The first-order valence-corrected chi connectivity index (χ1v) is 19.7. The lowest BCUT2D eigenvalue weighted by atomic mass is 10.0. The summed E-state index contributed by atoms with van der Waals surface area (Å²) in [6.07, 6.45) is 21.5. The van der Waals surface area contributed by atoms with Gasteiger partial charge in [-0.25, -0.2) is 4.79 Å². The Morgan fingerprint density at radius 1 is 0.760 bits per heavy atom. The van der Waals surface area contributed by atoms with Crippen LogP contribution >= 0.6 is 15.9 Å². The Morgan fingerprint density at radius 2 is 1.38 bits per heavy atom. The number of nitrogens with one attached hydrogen (secondary N) is 1. The molecule has 0 radical (unpaired) electrons. The number of carbonyl (C=O) groups is 2. The van der Waals surface area contributed by atoms with Gasteiger partial charge < -0.3 is 19.9 Å². The van der Waals surface area contributed by atoms with E-state index in [2.05, 4.69) is 34.7 Å². The van der Waals surface area contributed by atoms with Crippen molar-refractivity contribution in [1.82, 2.24) is 0 Å². The summed E-state index contributed by atoms with van der Waals surface area (Å²) in [5, 5.41) is 14.2. The van der Waals surface area contributed by atoms with Crippen LogP contribution in [0.25, 0.3) is 11.1 Å². The van der Waals surface area contributed by atoms with Gasteiger partial charge in [-0.2, -0.15) is 0 Å². The fourth-order valence-electron chi connectivity index (χ4n) is 6.54. The molecule has 0 fully saturated rings. The summed E-state index contributed by atoms with van der Waals surface area (Å²) in [5.74, 6) is 0.145. The van der Waals surface area contributed by atoms with Crippen molar-refractivity contribution in [3.8, 4) is 16.9 Å². The molecule has 1 aliphatic rings. The number of esters is 1. The maximum atomic E-state index is 13.1. The number of aliphatic hydroxyl groups is 1. The number of carbonyl (C=O) groups excluding carboxylic acids is 2. The van der Waals surface area contributed by atoms with Gasteiger partial charge in [0.2, 0.25) is 0 Å². The van der Waals surface area contributed by atoms with Crippen molar-refractivity contribution in [2.75, 3.05) is 18.5 Å². The Bertz CT molecular complexity index is 1520. The lowest BCUT2D eigenvalue weighted by Crippen LogP contribution is -2.12. The monoisotopic (exact) mass is 745 g/mol. The van der Waals surface area contributed by atoms with E-state index in [1.807, 2.05) is 30.3 Å². The van der Waals surface area contributed by atoms with Crippen LogP contribution < -0.4 is 10.1 Å². The van der Waals surface area contributed by atoms with E-state index >= 15 is 0 Å². The van der Waals surface area contributed by atoms with Crippen LogP contribution in [-0.2, 0) is 4.74 Å². The van der Waals surface area contributed by atoms with E-state index < -0.39 is 6.10 Å². The number of ether oxygens (including phenoxy) is 2. The molecule has 6 nitrogen and oxygen atoms in total. The summed E-state index contributed by atoms with van der Waals surface area (Å²) in [4.78, 5) is 26.0. The molecule has 3 aromatic rings. The first kappa shape index (κ1) is 39.4. The molecule has 4 rings (SSSR count). The van der Waals surface area contributed by atoms with Gasteiger partial charge in [-0.15, -0.1) is 6.58 Å². The van der Waals surface area contributed by atoms with Crippen molar-refractivity contribution >= 4 is 33.5 Å². The highest BCUT2D eigenvalue weighted by Crippen LogP contribution is 2.48. The van der Waals surface area contributed by atoms with Gasteiger partial charge in [0.1, 0.15) is 11.9 Å². The average Bonchev–Trinajstić information content (AvgIpc) is 3.40. The molecule has 0 aliphatic heterocycles. The number of allylic oxidation sites excluding steroid dienone is 1. The molecule has 0 spiro atoms. The zero-order valence-electron chi connectivity index (χ0n) is 30.0. The Hall–Kier alpha value is -3.42. The van der Waals surface area contributed by atoms with Crippen molar-refractivity contribution < 1.29 is 24.2 Å². The number of anilines is 1. The Morgan fingerprint density at radius 3 is 2.04 bits per heavy atom. The molecule has 1 atom stereocenters. The van der Waals surface area contributed by atoms with Crippen molar-refractivity contribution in [1.29, 1.82) is 0 Å². The van der Waals surface area contributed by atoms with Gasteiger partial charge in [-0.05, 0) is 90.9 Å². The van der Waals surface area contributed by atoms with Crippen molar-refractivity contribution in [2.24, 2.45) is 0 Å². The molecule has 0 saturated heterocycles. The average molecular weight is 747 g/mol. The summed E-state index contributed by atoms with van der Waals surface area (Å²) in [6.45, 7) is 7.08. The Kier molecular flexibility index (Phi) is 17.1. The summed E-state index contributed by atoms with van der Waals surface area (Å²) in [7, 11) is 0. The molecule has 1 unspecified atom stereocenters. The lowest BCUT2D eigenvalue weighted by Gasteiger charge is -2.11. The molecular formula is C43H56BrNO5. The molecule has 1 amide bonds. The van der Waals surface area contributed by atoms with Crippen molar-refractivity contribution in [2.45, 2.75) is 122 Å². The second-order valence-corrected chi connectivity index (χ2v) is 14.3. The van der Waals surface area contributed by atoms with E-state index in [9.17, 15) is 14.7 Å². The molecule has 270 valence electrons. The number of hydrogen-bond donors (Lipinski definition) is 2. The summed E-state index contributed by atoms with van der Waals surface area (Å²) in [6, 6.07) is 16.2. The minimum atomic E-state index is -0.892. The van der Waals surface area contributed by atoms with Gasteiger partial charge in [0, 0.05) is 21.3 Å². The summed E-state index contributed by atoms with van der Waals surface area (Å²) < 4.78 is 12.1. The third-order valence-corrected chi connectivity index (χ3v) is 10.1. The quantitative estimate of drug-likeness (QED) is 0.0542.